The van der Waals surface area contributed by atoms with Crippen LogP contribution in [0.3, 0.4) is 0 Å². The molecule has 18 heteroatoms. The van der Waals surface area contributed by atoms with Crippen LogP contribution in [0.4, 0.5) is 5.13 Å². The first-order chi connectivity index (χ1) is 19.6. The number of β-lactam (4-membered cyclic amide) rings is 1. The van der Waals surface area contributed by atoms with E-state index in [4.69, 9.17) is 11.5 Å². The molecule has 41 heavy (non-hydrogen) atoms. The molecule has 4 rings (SSSR count). The van der Waals surface area contributed by atoms with Crippen LogP contribution in [0.1, 0.15) is 18.2 Å². The van der Waals surface area contributed by atoms with Crippen LogP contribution in [0.15, 0.2) is 44.5 Å². The number of carbonyl (C=O) groups is 4. The Labute approximate surface area is 250 Å². The molecule has 0 saturated carbocycles. The van der Waals surface area contributed by atoms with Gasteiger partial charge in [-0.05, 0) is 18.6 Å². The van der Waals surface area contributed by atoms with Gasteiger partial charge < -0.3 is 32.4 Å². The highest BCUT2D eigenvalue weighted by Crippen LogP contribution is 2.45. The molecule has 14 nitrogen and oxygen atoms in total. The Morgan fingerprint density at radius 3 is 2.80 bits per heavy atom. The Balaban J connectivity index is 1.43. The summed E-state index contributed by atoms with van der Waals surface area (Å²) < 4.78 is 0. The topological polar surface area (TPSA) is 226 Å². The zero-order valence-electron chi connectivity index (χ0n) is 21.5. The van der Waals surface area contributed by atoms with Crippen molar-refractivity contribution in [2.24, 2.45) is 10.9 Å². The Hall–Kier alpha value is -3.32. The molecule has 8 N–H and O–H groups in total. The number of rotatable bonds is 12. The molecule has 0 bridgehead atoms. The second-order valence-electron chi connectivity index (χ2n) is 8.68. The van der Waals surface area contributed by atoms with Crippen LogP contribution in [0.25, 0.3) is 0 Å². The van der Waals surface area contributed by atoms with Crippen LogP contribution in [0.5, 0.6) is 0 Å². The first-order valence-electron chi connectivity index (χ1n) is 12.0. The number of fused-ring (bicyclic) bond motifs is 1. The van der Waals surface area contributed by atoms with Crippen LogP contribution in [-0.4, -0.2) is 90.1 Å². The maximum absolute atomic E-state index is 13.1. The van der Waals surface area contributed by atoms with E-state index >= 15 is 0 Å². The van der Waals surface area contributed by atoms with Gasteiger partial charge in [0.2, 0.25) is 5.91 Å². The van der Waals surface area contributed by atoms with E-state index in [-0.39, 0.29) is 28.2 Å². The molecule has 2 aromatic rings. The first kappa shape index (κ1) is 30.6. The van der Waals surface area contributed by atoms with Crippen molar-refractivity contribution in [2.75, 3.05) is 23.8 Å². The van der Waals surface area contributed by atoms with Crippen LogP contribution in [0, 0.1) is 0 Å². The van der Waals surface area contributed by atoms with Gasteiger partial charge in [0.1, 0.15) is 22.8 Å². The molecule has 0 radical (unpaired) electrons. The smallest absolute Gasteiger partial charge is 0.353 e. The number of thiazole rings is 1. The van der Waals surface area contributed by atoms with Gasteiger partial charge in [-0.25, -0.2) is 9.78 Å². The van der Waals surface area contributed by atoms with Gasteiger partial charge in [-0.15, -0.1) is 23.1 Å². The largest absolute Gasteiger partial charge is 0.477 e. The van der Waals surface area contributed by atoms with Crippen molar-refractivity contribution in [2.45, 2.75) is 35.0 Å². The molecule has 2 aromatic heterocycles. The number of amides is 3. The summed E-state index contributed by atoms with van der Waals surface area (Å²) in [6.07, 6.45) is 3.31. The third kappa shape index (κ3) is 6.95. The van der Waals surface area contributed by atoms with Gasteiger partial charge in [0.25, 0.3) is 11.8 Å². The molecule has 1 saturated heterocycles. The number of anilines is 1. The molecule has 1 fully saturated rings. The van der Waals surface area contributed by atoms with Crippen molar-refractivity contribution in [3.63, 3.8) is 0 Å². The Morgan fingerprint density at radius 1 is 1.37 bits per heavy atom. The highest BCUT2D eigenvalue weighted by atomic mass is 32.2. The molecule has 2 aliphatic rings. The SMILES string of the molecule is C[C@H](N)C(=O)NCCSCc1cnccc1SC1=C(C(=O)O)N2C(=O)[C@@H](NC(=O)/C(=N\O)c3csc(N)n3)[C@H]2SC1. The molecule has 3 atom stereocenters. The average molecular weight is 639 g/mol. The zero-order chi connectivity index (χ0) is 29.7. The lowest BCUT2D eigenvalue weighted by molar-refractivity contribution is -0.150. The number of carboxylic acid groups (broad SMARTS) is 1. The number of nitrogen functional groups attached to an aromatic ring is 1. The van der Waals surface area contributed by atoms with E-state index in [1.165, 1.54) is 28.9 Å². The van der Waals surface area contributed by atoms with Gasteiger partial charge in [0.15, 0.2) is 10.8 Å². The number of hydrogen-bond donors (Lipinski definition) is 6. The molecule has 4 heterocycles. The number of nitrogens with one attached hydrogen (secondary N) is 2. The molecule has 0 spiro atoms. The summed E-state index contributed by atoms with van der Waals surface area (Å²) in [4.78, 5) is 60.2. The normalized spacial score (nSPS) is 19.3. The third-order valence-electron chi connectivity index (χ3n) is 5.81. The molecule has 2 aliphatic heterocycles. The van der Waals surface area contributed by atoms with Gasteiger partial charge in [-0.1, -0.05) is 16.9 Å². The van der Waals surface area contributed by atoms with Crippen molar-refractivity contribution in [1.82, 2.24) is 25.5 Å². The fourth-order valence-electron chi connectivity index (χ4n) is 3.83. The van der Waals surface area contributed by atoms with Crippen molar-refractivity contribution in [3.05, 3.63) is 45.7 Å². The van der Waals surface area contributed by atoms with Crippen LogP contribution < -0.4 is 22.1 Å². The highest BCUT2D eigenvalue weighted by Gasteiger charge is 2.54. The molecule has 0 aliphatic carbocycles. The van der Waals surface area contributed by atoms with Gasteiger partial charge in [-0.2, -0.15) is 11.8 Å². The zero-order valence-corrected chi connectivity index (χ0v) is 24.7. The van der Waals surface area contributed by atoms with Gasteiger partial charge >= 0.3 is 5.97 Å². The number of carbonyl (C=O) groups excluding carboxylic acids is 3. The maximum atomic E-state index is 13.1. The number of aromatic nitrogens is 2. The third-order valence-corrected chi connectivity index (χ3v) is 10.2. The highest BCUT2D eigenvalue weighted by molar-refractivity contribution is 8.06. The number of carboxylic acids is 1. The summed E-state index contributed by atoms with van der Waals surface area (Å²) in [5.74, 6) is -1.42. The summed E-state index contributed by atoms with van der Waals surface area (Å²) in [5.41, 5.74) is 11.5. The summed E-state index contributed by atoms with van der Waals surface area (Å²) >= 11 is 5.19. The first-order valence-corrected chi connectivity index (χ1v) is 15.9. The minimum Gasteiger partial charge on any atom is -0.477 e. The Kier molecular flexibility index (Phi) is 10.1. The van der Waals surface area contributed by atoms with Crippen LogP contribution >= 0.6 is 46.6 Å². The molecule has 3 amide bonds. The lowest BCUT2D eigenvalue weighted by Crippen LogP contribution is -2.71. The van der Waals surface area contributed by atoms with E-state index in [2.05, 4.69) is 25.8 Å². The summed E-state index contributed by atoms with van der Waals surface area (Å²) in [6, 6.07) is 0.187. The van der Waals surface area contributed by atoms with Crippen LogP contribution in [-0.2, 0) is 24.9 Å². The fraction of sp³-hybridized carbons (Fsp3) is 0.348. The van der Waals surface area contributed by atoms with Crippen molar-refractivity contribution in [3.8, 4) is 0 Å². The predicted octanol–water partition coefficient (Wildman–Crippen LogP) is 0.484. The Morgan fingerprint density at radius 2 is 2.15 bits per heavy atom. The number of nitrogens with two attached hydrogens (primary N) is 2. The molecule has 0 unspecified atom stereocenters. The standard InChI is InChI=1S/C23H26N8O6S4/c1-10(24)18(32)27-4-5-38-7-11-6-26-3-2-13(11)41-14-9-39-21-16(20(34)31(21)17(14)22(35)36)29-19(33)15(30-37)12-8-40-23(25)28-12/h2-3,6,8,10,16,21,37H,4-5,7,9,24H2,1H3,(H2,25,28)(H,27,32)(H,29,33)(H,35,36)/b30-15-/t10-,16+,21+/m0/s1. The van der Waals surface area contributed by atoms with Crippen LogP contribution in [0.2, 0.25) is 0 Å². The quantitative estimate of drug-likeness (QED) is 0.0612. The predicted molar refractivity (Wildman–Crippen MR) is 157 cm³/mol. The van der Waals surface area contributed by atoms with E-state index in [1.807, 2.05) is 0 Å². The summed E-state index contributed by atoms with van der Waals surface area (Å²) in [5, 5.41) is 28.6. The molecular formula is C23H26N8O6S4. The van der Waals surface area contributed by atoms with E-state index in [0.717, 1.165) is 26.7 Å². The van der Waals surface area contributed by atoms with E-state index < -0.39 is 41.0 Å². The lowest BCUT2D eigenvalue weighted by Gasteiger charge is -2.49. The maximum Gasteiger partial charge on any atom is 0.353 e. The second-order valence-corrected chi connectivity index (χ2v) is 12.9. The minimum absolute atomic E-state index is 0.0541. The van der Waals surface area contributed by atoms with Crippen molar-refractivity contribution >= 4 is 81.2 Å². The number of hydrogen-bond acceptors (Lipinski definition) is 14. The number of pyridine rings is 1. The summed E-state index contributed by atoms with van der Waals surface area (Å²) in [7, 11) is 0. The number of nitrogens with zero attached hydrogens (tertiary/aromatic N) is 4. The average Bonchev–Trinajstić information content (AvgIpc) is 3.37. The summed E-state index contributed by atoms with van der Waals surface area (Å²) in [6.45, 7) is 2.07. The molecule has 218 valence electrons. The number of thioether (sulfide) groups is 3. The number of aliphatic carboxylic acids is 1. The van der Waals surface area contributed by atoms with Gasteiger partial charge in [0, 0.05) is 51.4 Å². The number of oxime groups is 1. The Bertz CT molecular complexity index is 1410. The van der Waals surface area contributed by atoms with E-state index in [0.29, 0.717) is 23.0 Å². The monoisotopic (exact) mass is 638 g/mol. The van der Waals surface area contributed by atoms with Crippen molar-refractivity contribution < 1.29 is 29.5 Å². The van der Waals surface area contributed by atoms with Crippen molar-refractivity contribution in [1.29, 1.82) is 0 Å². The van der Waals surface area contributed by atoms with Gasteiger partial charge in [-0.3, -0.25) is 24.3 Å². The lowest BCUT2D eigenvalue weighted by atomic mass is 10.0. The minimum atomic E-state index is -1.26. The second kappa shape index (κ2) is 13.6. The van der Waals surface area contributed by atoms with Gasteiger partial charge in [0.05, 0.1) is 6.04 Å². The van der Waals surface area contributed by atoms with E-state index in [1.54, 1.807) is 37.1 Å². The molecule has 0 aromatic carbocycles. The molecular weight excluding hydrogens is 613 g/mol. The fourth-order valence-corrected chi connectivity index (χ4v) is 7.88. The van der Waals surface area contributed by atoms with E-state index in [9.17, 15) is 29.5 Å².